The lowest BCUT2D eigenvalue weighted by molar-refractivity contribution is 0.102. The minimum Gasteiger partial charge on any atom is -0.347 e. The number of hydrogen-bond donors (Lipinski definition) is 1. The maximum Gasteiger partial charge on any atom is 0.261 e. The first-order chi connectivity index (χ1) is 11.4. The van der Waals surface area contributed by atoms with Gasteiger partial charge in [0.05, 0.1) is 10.9 Å². The van der Waals surface area contributed by atoms with E-state index in [0.29, 0.717) is 5.69 Å². The van der Waals surface area contributed by atoms with Gasteiger partial charge >= 0.3 is 0 Å². The Bertz CT molecular complexity index is 1030. The number of anilines is 1. The summed E-state index contributed by atoms with van der Waals surface area (Å²) in [6, 6.07) is 8.89. The van der Waals surface area contributed by atoms with Gasteiger partial charge in [-0.1, -0.05) is 18.2 Å². The molecule has 1 N–H and O–H groups in total. The van der Waals surface area contributed by atoms with Gasteiger partial charge in [0, 0.05) is 18.9 Å². The van der Waals surface area contributed by atoms with Crippen molar-refractivity contribution in [1.82, 2.24) is 4.57 Å². The zero-order chi connectivity index (χ0) is 17.4. The molecular weight excluding hydrogens is 314 g/mol. The van der Waals surface area contributed by atoms with E-state index in [4.69, 9.17) is 0 Å². The number of nitrogens with zero attached hydrogens (tertiary/aromatic N) is 1. The van der Waals surface area contributed by atoms with E-state index in [1.54, 1.807) is 12.1 Å². The molecule has 0 spiro atoms. The van der Waals surface area contributed by atoms with Crippen molar-refractivity contribution in [2.45, 2.75) is 6.92 Å². The van der Waals surface area contributed by atoms with Crippen molar-refractivity contribution in [3.05, 3.63) is 75.6 Å². The molecule has 0 bridgehead atoms. The van der Waals surface area contributed by atoms with Gasteiger partial charge in [0.1, 0.15) is 17.2 Å². The number of carbonyl (C=O) groups excluding carboxylic acids is 1. The normalized spacial score (nSPS) is 10.8. The Kier molecular flexibility index (Phi) is 3.89. The van der Waals surface area contributed by atoms with Crippen molar-refractivity contribution in [3.63, 3.8) is 0 Å². The fourth-order valence-corrected chi connectivity index (χ4v) is 2.62. The monoisotopic (exact) mass is 328 g/mol. The number of aryl methyl sites for hydroxylation is 2. The Labute approximate surface area is 136 Å². The smallest absolute Gasteiger partial charge is 0.261 e. The molecule has 1 aromatic heterocycles. The summed E-state index contributed by atoms with van der Waals surface area (Å²) in [5.74, 6) is -2.26. The molecule has 3 rings (SSSR count). The standard InChI is InChI=1S/C18H14F2N2O2/c1-10-5-3-4-6-14(10)21-18(24)11-9-22(2)16-13(20)8-7-12(19)15(16)17(11)23/h3-9H,1-2H3,(H,21,24). The fourth-order valence-electron chi connectivity index (χ4n) is 2.62. The van der Waals surface area contributed by atoms with E-state index < -0.39 is 28.4 Å². The molecule has 122 valence electrons. The molecule has 0 aliphatic carbocycles. The molecule has 2 aromatic carbocycles. The third-order valence-corrected chi connectivity index (χ3v) is 3.86. The summed E-state index contributed by atoms with van der Waals surface area (Å²) in [7, 11) is 1.45. The van der Waals surface area contributed by atoms with Crippen molar-refractivity contribution < 1.29 is 13.6 Å². The third-order valence-electron chi connectivity index (χ3n) is 3.86. The van der Waals surface area contributed by atoms with Crippen LogP contribution in [0.4, 0.5) is 14.5 Å². The average molecular weight is 328 g/mol. The Morgan fingerprint density at radius 2 is 1.75 bits per heavy atom. The molecule has 3 aromatic rings. The molecule has 0 fully saturated rings. The second-order valence-corrected chi connectivity index (χ2v) is 5.50. The van der Waals surface area contributed by atoms with E-state index in [0.717, 1.165) is 17.7 Å². The van der Waals surface area contributed by atoms with Crippen molar-refractivity contribution in [3.8, 4) is 0 Å². The number of hydrogen-bond acceptors (Lipinski definition) is 2. The maximum atomic E-state index is 14.0. The molecule has 4 nitrogen and oxygen atoms in total. The SMILES string of the molecule is Cc1ccccc1NC(=O)c1cn(C)c2c(F)ccc(F)c2c1=O. The van der Waals surface area contributed by atoms with Crippen LogP contribution in [0.3, 0.4) is 0 Å². The number of nitrogens with one attached hydrogen (secondary N) is 1. The van der Waals surface area contributed by atoms with Crippen LogP contribution in [-0.4, -0.2) is 10.5 Å². The van der Waals surface area contributed by atoms with E-state index in [9.17, 15) is 18.4 Å². The second kappa shape index (κ2) is 5.88. The number of halogens is 2. The quantitative estimate of drug-likeness (QED) is 0.784. The van der Waals surface area contributed by atoms with E-state index in [-0.39, 0.29) is 11.1 Å². The Hall–Kier alpha value is -3.02. The third kappa shape index (κ3) is 2.56. The van der Waals surface area contributed by atoms with Crippen LogP contribution in [0.5, 0.6) is 0 Å². The minimum atomic E-state index is -0.863. The number of fused-ring (bicyclic) bond motifs is 1. The zero-order valence-electron chi connectivity index (χ0n) is 13.1. The molecule has 1 amide bonds. The number of para-hydroxylation sites is 1. The summed E-state index contributed by atoms with van der Waals surface area (Å²) in [6.07, 6.45) is 1.21. The number of amides is 1. The van der Waals surface area contributed by atoms with E-state index in [2.05, 4.69) is 5.32 Å². The highest BCUT2D eigenvalue weighted by Gasteiger charge is 2.19. The topological polar surface area (TPSA) is 51.1 Å². The van der Waals surface area contributed by atoms with Crippen molar-refractivity contribution in [2.24, 2.45) is 7.05 Å². The van der Waals surface area contributed by atoms with Gasteiger partial charge < -0.3 is 9.88 Å². The van der Waals surface area contributed by atoms with Gasteiger partial charge in [0.25, 0.3) is 5.91 Å². The van der Waals surface area contributed by atoms with Gasteiger partial charge in [-0.25, -0.2) is 8.78 Å². The lowest BCUT2D eigenvalue weighted by Crippen LogP contribution is -2.24. The minimum absolute atomic E-state index is 0.174. The molecule has 0 aliphatic rings. The molecule has 0 aliphatic heterocycles. The number of carbonyl (C=O) groups is 1. The first-order valence-corrected chi connectivity index (χ1v) is 7.24. The van der Waals surface area contributed by atoms with Gasteiger partial charge in [-0.05, 0) is 30.7 Å². The molecule has 1 heterocycles. The number of aromatic nitrogens is 1. The van der Waals surface area contributed by atoms with E-state index in [1.165, 1.54) is 17.8 Å². The predicted octanol–water partition coefficient (Wildman–Crippen LogP) is 3.38. The van der Waals surface area contributed by atoms with E-state index >= 15 is 0 Å². The molecule has 0 saturated carbocycles. The molecular formula is C18H14F2N2O2. The van der Waals surface area contributed by atoms with Gasteiger partial charge in [0.15, 0.2) is 0 Å². The van der Waals surface area contributed by atoms with Crippen LogP contribution in [0.15, 0.2) is 47.4 Å². The summed E-state index contributed by atoms with van der Waals surface area (Å²) in [6.45, 7) is 1.81. The Morgan fingerprint density at radius 1 is 1.08 bits per heavy atom. The maximum absolute atomic E-state index is 14.0. The van der Waals surface area contributed by atoms with E-state index in [1.807, 2.05) is 19.1 Å². The first kappa shape index (κ1) is 15.9. The number of rotatable bonds is 2. The average Bonchev–Trinajstić information content (AvgIpc) is 2.55. The van der Waals surface area contributed by atoms with Crippen LogP contribution in [0.2, 0.25) is 0 Å². The Balaban J connectivity index is 2.16. The summed E-state index contributed by atoms with van der Waals surface area (Å²) in [4.78, 5) is 24.9. The van der Waals surface area contributed by atoms with Crippen molar-refractivity contribution in [2.75, 3.05) is 5.32 Å². The van der Waals surface area contributed by atoms with Gasteiger partial charge in [0.2, 0.25) is 5.43 Å². The highest BCUT2D eigenvalue weighted by atomic mass is 19.1. The van der Waals surface area contributed by atoms with Crippen LogP contribution in [-0.2, 0) is 7.05 Å². The highest BCUT2D eigenvalue weighted by molar-refractivity contribution is 6.06. The largest absolute Gasteiger partial charge is 0.347 e. The molecule has 0 atom stereocenters. The van der Waals surface area contributed by atoms with Crippen LogP contribution in [0.25, 0.3) is 10.9 Å². The van der Waals surface area contributed by atoms with Crippen molar-refractivity contribution >= 4 is 22.5 Å². The summed E-state index contributed by atoms with van der Waals surface area (Å²) >= 11 is 0. The predicted molar refractivity (Wildman–Crippen MR) is 88.2 cm³/mol. The molecule has 6 heteroatoms. The van der Waals surface area contributed by atoms with Crippen molar-refractivity contribution in [1.29, 1.82) is 0 Å². The molecule has 0 unspecified atom stereocenters. The lowest BCUT2D eigenvalue weighted by atomic mass is 10.1. The summed E-state index contributed by atoms with van der Waals surface area (Å²) in [5, 5.41) is 2.19. The molecule has 0 saturated heterocycles. The number of pyridine rings is 1. The van der Waals surface area contributed by atoms with Gasteiger partial charge in [-0.15, -0.1) is 0 Å². The Morgan fingerprint density at radius 3 is 2.46 bits per heavy atom. The molecule has 24 heavy (non-hydrogen) atoms. The van der Waals surface area contributed by atoms with Crippen LogP contribution >= 0.6 is 0 Å². The fraction of sp³-hybridized carbons (Fsp3) is 0.111. The second-order valence-electron chi connectivity index (χ2n) is 5.50. The van der Waals surface area contributed by atoms with Crippen LogP contribution in [0.1, 0.15) is 15.9 Å². The van der Waals surface area contributed by atoms with Gasteiger partial charge in [-0.2, -0.15) is 0 Å². The lowest BCUT2D eigenvalue weighted by Gasteiger charge is -2.11. The van der Waals surface area contributed by atoms with Crippen LogP contribution in [0, 0.1) is 18.6 Å². The first-order valence-electron chi connectivity index (χ1n) is 7.24. The summed E-state index contributed by atoms with van der Waals surface area (Å²) < 4.78 is 29.2. The molecule has 0 radical (unpaired) electrons. The van der Waals surface area contributed by atoms with Gasteiger partial charge in [-0.3, -0.25) is 9.59 Å². The zero-order valence-corrected chi connectivity index (χ0v) is 13.1. The highest BCUT2D eigenvalue weighted by Crippen LogP contribution is 2.19. The summed E-state index contributed by atoms with van der Waals surface area (Å²) in [5.41, 5.74) is 0.0985. The van der Waals surface area contributed by atoms with Crippen LogP contribution < -0.4 is 10.7 Å². The number of benzene rings is 2.